The lowest BCUT2D eigenvalue weighted by Crippen LogP contribution is -2.34. The summed E-state index contributed by atoms with van der Waals surface area (Å²) in [4.78, 5) is 12.5. The molecule has 3 rings (SSSR count). The van der Waals surface area contributed by atoms with Crippen LogP contribution in [0.15, 0.2) is 81.7 Å². The van der Waals surface area contributed by atoms with Crippen molar-refractivity contribution >= 4 is 60.8 Å². The van der Waals surface area contributed by atoms with Crippen LogP contribution in [0.3, 0.4) is 0 Å². The predicted octanol–water partition coefficient (Wildman–Crippen LogP) is 5.96. The van der Waals surface area contributed by atoms with E-state index in [-0.39, 0.29) is 11.0 Å². The largest absolute Gasteiger partial charge is 0.492 e. The molecule has 29 heavy (non-hydrogen) atoms. The number of amides is 1. The molecule has 148 valence electrons. The van der Waals surface area contributed by atoms with Crippen LogP contribution in [0.25, 0.3) is 0 Å². The van der Waals surface area contributed by atoms with Crippen molar-refractivity contribution in [2.24, 2.45) is 0 Å². The first-order chi connectivity index (χ1) is 14.0. The molecular formula is C22H18Br2N2O2S. The smallest absolute Gasteiger partial charge is 0.257 e. The Labute approximate surface area is 191 Å². The Kier molecular flexibility index (Phi) is 7.80. The van der Waals surface area contributed by atoms with Crippen LogP contribution < -0.4 is 15.4 Å². The molecule has 3 aromatic carbocycles. The van der Waals surface area contributed by atoms with Crippen molar-refractivity contribution in [1.29, 1.82) is 0 Å². The summed E-state index contributed by atoms with van der Waals surface area (Å²) in [5.41, 5.74) is 2.47. The highest BCUT2D eigenvalue weighted by atomic mass is 79.9. The van der Waals surface area contributed by atoms with Crippen molar-refractivity contribution in [3.63, 3.8) is 0 Å². The van der Waals surface area contributed by atoms with Crippen LogP contribution in [0, 0.1) is 0 Å². The van der Waals surface area contributed by atoms with Gasteiger partial charge in [-0.15, -0.1) is 0 Å². The molecule has 0 radical (unpaired) electrons. The van der Waals surface area contributed by atoms with E-state index >= 15 is 0 Å². The second kappa shape index (κ2) is 10.5. The maximum absolute atomic E-state index is 12.5. The van der Waals surface area contributed by atoms with Crippen LogP contribution in [0.2, 0.25) is 0 Å². The minimum Gasteiger partial charge on any atom is -0.492 e. The summed E-state index contributed by atoms with van der Waals surface area (Å²) in [6.07, 6.45) is 0.810. The van der Waals surface area contributed by atoms with Gasteiger partial charge in [0.25, 0.3) is 5.91 Å². The number of thiocarbonyl (C=S) groups is 1. The summed E-state index contributed by atoms with van der Waals surface area (Å²) in [6, 6.07) is 22.9. The molecule has 3 aromatic rings. The molecule has 0 saturated carbocycles. The number of hydrogen-bond acceptors (Lipinski definition) is 3. The summed E-state index contributed by atoms with van der Waals surface area (Å²) in [7, 11) is 0. The zero-order chi connectivity index (χ0) is 20.6. The second-order valence-electron chi connectivity index (χ2n) is 6.12. The molecule has 0 aliphatic rings. The fourth-order valence-electron chi connectivity index (χ4n) is 2.57. The van der Waals surface area contributed by atoms with Gasteiger partial charge in [-0.25, -0.2) is 0 Å². The molecule has 0 heterocycles. The topological polar surface area (TPSA) is 50.4 Å². The SMILES string of the molecule is O=C(NC(=S)Nc1ccccc1Br)c1ccc(OCCc2ccccc2)c(Br)c1. The van der Waals surface area contributed by atoms with Crippen molar-refractivity contribution in [3.8, 4) is 5.75 Å². The van der Waals surface area contributed by atoms with Gasteiger partial charge >= 0.3 is 0 Å². The summed E-state index contributed by atoms with van der Waals surface area (Å²) in [5.74, 6) is 0.387. The van der Waals surface area contributed by atoms with E-state index in [4.69, 9.17) is 17.0 Å². The molecule has 4 nitrogen and oxygen atoms in total. The maximum atomic E-state index is 12.5. The summed E-state index contributed by atoms with van der Waals surface area (Å²) in [6.45, 7) is 0.550. The van der Waals surface area contributed by atoms with Crippen LogP contribution in [-0.4, -0.2) is 17.6 Å². The van der Waals surface area contributed by atoms with E-state index in [2.05, 4.69) is 54.6 Å². The van der Waals surface area contributed by atoms with Crippen LogP contribution in [0.1, 0.15) is 15.9 Å². The fourth-order valence-corrected chi connectivity index (χ4v) is 3.65. The number of ether oxygens (including phenoxy) is 1. The quantitative estimate of drug-likeness (QED) is 0.384. The van der Waals surface area contributed by atoms with E-state index in [0.717, 1.165) is 16.6 Å². The Morgan fingerprint density at radius 2 is 1.66 bits per heavy atom. The Morgan fingerprint density at radius 3 is 2.38 bits per heavy atom. The molecule has 0 bridgehead atoms. The first-order valence-corrected chi connectivity index (χ1v) is 10.9. The van der Waals surface area contributed by atoms with Crippen LogP contribution >= 0.6 is 44.1 Å². The van der Waals surface area contributed by atoms with E-state index in [1.54, 1.807) is 18.2 Å². The standard InChI is InChI=1S/C22H18Br2N2O2S/c23-17-8-4-5-9-19(17)25-22(29)26-21(27)16-10-11-20(18(24)14-16)28-13-12-15-6-2-1-3-7-15/h1-11,14H,12-13H2,(H2,25,26,27,29). The summed E-state index contributed by atoms with van der Waals surface area (Å²) in [5, 5.41) is 5.90. The minimum absolute atomic E-state index is 0.223. The number of carbonyl (C=O) groups excluding carboxylic acids is 1. The van der Waals surface area contributed by atoms with Gasteiger partial charge in [0.2, 0.25) is 0 Å². The van der Waals surface area contributed by atoms with Crippen LogP contribution in [-0.2, 0) is 6.42 Å². The lowest BCUT2D eigenvalue weighted by atomic mass is 10.2. The van der Waals surface area contributed by atoms with Gasteiger partial charge in [-0.1, -0.05) is 42.5 Å². The highest BCUT2D eigenvalue weighted by molar-refractivity contribution is 9.11. The first kappa shape index (κ1) is 21.5. The van der Waals surface area contributed by atoms with Crippen LogP contribution in [0.5, 0.6) is 5.75 Å². The third-order valence-electron chi connectivity index (χ3n) is 4.03. The zero-order valence-corrected chi connectivity index (χ0v) is 19.3. The maximum Gasteiger partial charge on any atom is 0.257 e. The third-order valence-corrected chi connectivity index (χ3v) is 5.55. The highest BCUT2D eigenvalue weighted by Crippen LogP contribution is 2.26. The number of hydrogen-bond donors (Lipinski definition) is 2. The number of anilines is 1. The molecule has 7 heteroatoms. The molecule has 0 fully saturated rings. The van der Waals surface area contributed by atoms with Gasteiger partial charge in [-0.3, -0.25) is 10.1 Å². The van der Waals surface area contributed by atoms with E-state index in [0.29, 0.717) is 22.4 Å². The Balaban J connectivity index is 1.55. The third kappa shape index (κ3) is 6.39. The van der Waals surface area contributed by atoms with Crippen molar-refractivity contribution in [2.45, 2.75) is 6.42 Å². The van der Waals surface area contributed by atoms with Gasteiger partial charge in [-0.05, 0) is 80.0 Å². The molecule has 0 unspecified atom stereocenters. The molecule has 2 N–H and O–H groups in total. The fraction of sp³-hybridized carbons (Fsp3) is 0.0909. The molecule has 0 aromatic heterocycles. The lowest BCUT2D eigenvalue weighted by Gasteiger charge is -2.12. The van der Waals surface area contributed by atoms with Crippen molar-refractivity contribution in [3.05, 3.63) is 92.9 Å². The second-order valence-corrected chi connectivity index (χ2v) is 8.23. The van der Waals surface area contributed by atoms with Crippen molar-refractivity contribution in [1.82, 2.24) is 5.32 Å². The summed E-state index contributed by atoms with van der Waals surface area (Å²) < 4.78 is 7.40. The molecule has 0 aliphatic heterocycles. The van der Waals surface area contributed by atoms with Gasteiger partial charge in [0, 0.05) is 16.5 Å². The Morgan fingerprint density at radius 1 is 0.931 bits per heavy atom. The molecule has 0 atom stereocenters. The minimum atomic E-state index is -0.300. The zero-order valence-electron chi connectivity index (χ0n) is 15.3. The molecule has 1 amide bonds. The van der Waals surface area contributed by atoms with Crippen molar-refractivity contribution in [2.75, 3.05) is 11.9 Å². The van der Waals surface area contributed by atoms with E-state index < -0.39 is 0 Å². The lowest BCUT2D eigenvalue weighted by molar-refractivity contribution is 0.0977. The van der Waals surface area contributed by atoms with Gasteiger partial charge in [0.1, 0.15) is 5.75 Å². The van der Waals surface area contributed by atoms with Crippen LogP contribution in [0.4, 0.5) is 5.69 Å². The Bertz CT molecular complexity index is 1010. The van der Waals surface area contributed by atoms with Gasteiger partial charge < -0.3 is 10.1 Å². The van der Waals surface area contributed by atoms with E-state index in [1.165, 1.54) is 5.56 Å². The van der Waals surface area contributed by atoms with Gasteiger partial charge in [0.15, 0.2) is 5.11 Å². The summed E-state index contributed by atoms with van der Waals surface area (Å²) >= 11 is 12.1. The van der Waals surface area contributed by atoms with Gasteiger partial charge in [-0.2, -0.15) is 0 Å². The first-order valence-electron chi connectivity index (χ1n) is 8.86. The number of benzene rings is 3. The monoisotopic (exact) mass is 532 g/mol. The average Bonchev–Trinajstić information content (AvgIpc) is 2.71. The number of para-hydroxylation sites is 1. The molecule has 0 spiro atoms. The van der Waals surface area contributed by atoms with E-state index in [9.17, 15) is 4.79 Å². The van der Waals surface area contributed by atoms with Crippen molar-refractivity contribution < 1.29 is 9.53 Å². The average molecular weight is 534 g/mol. The number of nitrogens with one attached hydrogen (secondary N) is 2. The highest BCUT2D eigenvalue weighted by Gasteiger charge is 2.12. The van der Waals surface area contributed by atoms with E-state index in [1.807, 2.05) is 42.5 Å². The molecule has 0 aliphatic carbocycles. The number of rotatable bonds is 6. The normalized spacial score (nSPS) is 10.3. The Hall–Kier alpha value is -2.22. The predicted molar refractivity (Wildman–Crippen MR) is 128 cm³/mol. The molecular weight excluding hydrogens is 516 g/mol. The number of halogens is 2. The van der Waals surface area contributed by atoms with Gasteiger partial charge in [0.05, 0.1) is 16.8 Å². The molecule has 0 saturated heterocycles. The number of carbonyl (C=O) groups is 1.